The van der Waals surface area contributed by atoms with Gasteiger partial charge in [-0.2, -0.15) is 0 Å². The Hall–Kier alpha value is -4.18. The average Bonchev–Trinajstić information content (AvgIpc) is 3.73. The summed E-state index contributed by atoms with van der Waals surface area (Å²) < 4.78 is 20.5. The van der Waals surface area contributed by atoms with E-state index in [0.29, 0.717) is 35.7 Å². The summed E-state index contributed by atoms with van der Waals surface area (Å²) in [6.45, 7) is 2.47. The molecular weight excluding hydrogens is 515 g/mol. The number of rotatable bonds is 6. The Bertz CT molecular complexity index is 1750. The van der Waals surface area contributed by atoms with Crippen LogP contribution in [0, 0.1) is 12.7 Å². The standard InChI is InChI=1S/C29H25FN6O2S/c1-15-34-35-28(38-15)22-19(10-7-16-5-8-18(30)9-6-16)33-25-20-4-3-13-36(20)29(37)24(25)23(22)21-14-17-11-12-32-27(31-2)26(17)39-21/h5-6,8-9,11-12,14,20H,3-4,7,10,13H2,1-2H3,(H,31,32). The summed E-state index contributed by atoms with van der Waals surface area (Å²) in [5.41, 5.74) is 4.73. The summed E-state index contributed by atoms with van der Waals surface area (Å²) in [5.74, 6) is 1.30. The number of nitrogens with one attached hydrogen (secondary N) is 1. The van der Waals surface area contributed by atoms with Crippen LogP contribution in [-0.2, 0) is 12.8 Å². The van der Waals surface area contributed by atoms with Crippen molar-refractivity contribution in [3.05, 3.63) is 76.8 Å². The van der Waals surface area contributed by atoms with Crippen LogP contribution in [0.1, 0.15) is 52.1 Å². The van der Waals surface area contributed by atoms with Crippen molar-refractivity contribution < 1.29 is 13.6 Å². The molecule has 1 saturated heterocycles. The minimum atomic E-state index is -0.265. The third-order valence-corrected chi connectivity index (χ3v) is 8.74. The van der Waals surface area contributed by atoms with E-state index in [9.17, 15) is 9.18 Å². The first-order chi connectivity index (χ1) is 19.0. The van der Waals surface area contributed by atoms with Gasteiger partial charge in [-0.15, -0.1) is 21.5 Å². The smallest absolute Gasteiger partial charge is 0.257 e. The van der Waals surface area contributed by atoms with E-state index in [2.05, 4.69) is 26.6 Å². The first-order valence-electron chi connectivity index (χ1n) is 13.0. The lowest BCUT2D eigenvalue weighted by Crippen LogP contribution is -2.22. The molecule has 7 rings (SSSR count). The second-order valence-corrected chi connectivity index (χ2v) is 11.0. The summed E-state index contributed by atoms with van der Waals surface area (Å²) >= 11 is 1.58. The highest BCUT2D eigenvalue weighted by Crippen LogP contribution is 2.50. The van der Waals surface area contributed by atoms with Crippen molar-refractivity contribution in [2.24, 2.45) is 0 Å². The zero-order valence-electron chi connectivity index (χ0n) is 21.5. The van der Waals surface area contributed by atoms with Gasteiger partial charge in [0.05, 0.1) is 33.3 Å². The largest absolute Gasteiger partial charge is 0.421 e. The number of thiophene rings is 1. The molecule has 0 spiro atoms. The molecule has 10 heteroatoms. The number of fused-ring (bicyclic) bond motifs is 4. The van der Waals surface area contributed by atoms with E-state index in [0.717, 1.165) is 62.7 Å². The first-order valence-corrected chi connectivity index (χ1v) is 13.8. The fourth-order valence-electron chi connectivity index (χ4n) is 5.78. The molecule has 196 valence electrons. The summed E-state index contributed by atoms with van der Waals surface area (Å²) in [6.07, 6.45) is 4.84. The number of hydrogen-bond acceptors (Lipinski definition) is 8. The van der Waals surface area contributed by atoms with Crippen molar-refractivity contribution >= 4 is 33.1 Å². The third-order valence-electron chi connectivity index (χ3n) is 7.56. The fourth-order valence-corrected chi connectivity index (χ4v) is 6.99. The molecule has 1 N–H and O–H groups in total. The van der Waals surface area contributed by atoms with E-state index in [4.69, 9.17) is 9.40 Å². The van der Waals surface area contributed by atoms with Gasteiger partial charge < -0.3 is 14.6 Å². The number of anilines is 1. The van der Waals surface area contributed by atoms with Gasteiger partial charge in [-0.25, -0.2) is 9.37 Å². The average molecular weight is 541 g/mol. The number of carbonyl (C=O) groups excluding carboxylic acids is 1. The van der Waals surface area contributed by atoms with Crippen LogP contribution < -0.4 is 5.32 Å². The number of nitrogens with zero attached hydrogens (tertiary/aromatic N) is 5. The normalized spacial score (nSPS) is 16.2. The van der Waals surface area contributed by atoms with E-state index in [1.165, 1.54) is 12.1 Å². The number of halogens is 1. The molecule has 4 aromatic heterocycles. The summed E-state index contributed by atoms with van der Waals surface area (Å²) in [4.78, 5) is 26.4. The lowest BCUT2D eigenvalue weighted by Gasteiger charge is -2.16. The van der Waals surface area contributed by atoms with Gasteiger partial charge in [-0.05, 0) is 60.9 Å². The molecule has 2 aliphatic rings. The van der Waals surface area contributed by atoms with Crippen LogP contribution in [0.15, 0.2) is 47.0 Å². The van der Waals surface area contributed by atoms with Crippen LogP contribution in [0.4, 0.5) is 10.2 Å². The molecule has 1 unspecified atom stereocenters. The minimum absolute atomic E-state index is 0.00185. The second-order valence-electron chi connectivity index (χ2n) is 9.92. The van der Waals surface area contributed by atoms with E-state index in [-0.39, 0.29) is 17.8 Å². The van der Waals surface area contributed by atoms with Gasteiger partial charge in [0.25, 0.3) is 5.91 Å². The second kappa shape index (κ2) is 9.23. The quantitative estimate of drug-likeness (QED) is 0.283. The van der Waals surface area contributed by atoms with Gasteiger partial charge >= 0.3 is 0 Å². The maximum atomic E-state index is 13.9. The van der Waals surface area contributed by atoms with Crippen LogP contribution >= 0.6 is 11.3 Å². The number of hydrogen-bond donors (Lipinski definition) is 1. The van der Waals surface area contributed by atoms with Crippen LogP contribution in [-0.4, -0.2) is 44.6 Å². The van der Waals surface area contributed by atoms with E-state index < -0.39 is 0 Å². The van der Waals surface area contributed by atoms with Gasteiger partial charge in [0, 0.05) is 37.2 Å². The topological polar surface area (TPSA) is 97.0 Å². The van der Waals surface area contributed by atoms with Crippen molar-refractivity contribution in [1.29, 1.82) is 0 Å². The van der Waals surface area contributed by atoms with Crippen molar-refractivity contribution in [3.8, 4) is 21.9 Å². The molecule has 2 aliphatic heterocycles. The predicted octanol–water partition coefficient (Wildman–Crippen LogP) is 5.97. The van der Waals surface area contributed by atoms with Crippen molar-refractivity contribution in [2.75, 3.05) is 18.9 Å². The van der Waals surface area contributed by atoms with Crippen LogP contribution in [0.25, 0.3) is 32.0 Å². The Balaban J connectivity index is 1.49. The molecule has 39 heavy (non-hydrogen) atoms. The molecule has 0 bridgehead atoms. The van der Waals surface area contributed by atoms with Gasteiger partial charge in [-0.3, -0.25) is 9.78 Å². The Labute approximate surface area is 227 Å². The summed E-state index contributed by atoms with van der Waals surface area (Å²) in [5, 5.41) is 12.7. The molecule has 0 saturated carbocycles. The van der Waals surface area contributed by atoms with Gasteiger partial charge in [0.15, 0.2) is 0 Å². The number of aromatic nitrogens is 4. The molecule has 8 nitrogen and oxygen atoms in total. The molecular formula is C29H25FN6O2S. The Morgan fingerprint density at radius 3 is 2.74 bits per heavy atom. The number of carbonyl (C=O) groups is 1. The third kappa shape index (κ3) is 3.89. The van der Waals surface area contributed by atoms with Crippen LogP contribution in [0.5, 0.6) is 0 Å². The minimum Gasteiger partial charge on any atom is -0.421 e. The number of benzene rings is 1. The monoisotopic (exact) mass is 540 g/mol. The number of amides is 1. The van der Waals surface area contributed by atoms with E-state index in [1.54, 1.807) is 36.6 Å². The van der Waals surface area contributed by atoms with Crippen LogP contribution in [0.3, 0.4) is 0 Å². The summed E-state index contributed by atoms with van der Waals surface area (Å²) in [6, 6.07) is 10.6. The molecule has 1 aromatic carbocycles. The molecule has 1 fully saturated rings. The molecule has 6 heterocycles. The highest BCUT2D eigenvalue weighted by molar-refractivity contribution is 7.23. The zero-order chi connectivity index (χ0) is 26.7. The van der Waals surface area contributed by atoms with Gasteiger partial charge in [0.1, 0.15) is 11.6 Å². The van der Waals surface area contributed by atoms with E-state index >= 15 is 0 Å². The van der Waals surface area contributed by atoms with Gasteiger partial charge in [-0.1, -0.05) is 12.1 Å². The number of aryl methyl sites for hydroxylation is 3. The Kier molecular flexibility index (Phi) is 5.66. The Morgan fingerprint density at radius 2 is 1.97 bits per heavy atom. The predicted molar refractivity (Wildman–Crippen MR) is 147 cm³/mol. The highest BCUT2D eigenvalue weighted by Gasteiger charge is 2.44. The number of pyridine rings is 2. The first kappa shape index (κ1) is 23.9. The Morgan fingerprint density at radius 1 is 1.13 bits per heavy atom. The van der Waals surface area contributed by atoms with E-state index in [1.807, 2.05) is 18.0 Å². The lowest BCUT2D eigenvalue weighted by molar-refractivity contribution is 0.0776. The van der Waals surface area contributed by atoms with Crippen molar-refractivity contribution in [2.45, 2.75) is 38.6 Å². The fraction of sp³-hybridized carbons (Fsp3) is 0.276. The van der Waals surface area contributed by atoms with Crippen molar-refractivity contribution in [1.82, 2.24) is 25.1 Å². The maximum absolute atomic E-state index is 13.9. The highest BCUT2D eigenvalue weighted by atomic mass is 32.1. The lowest BCUT2D eigenvalue weighted by atomic mass is 9.93. The van der Waals surface area contributed by atoms with Crippen LogP contribution in [0.2, 0.25) is 0 Å². The maximum Gasteiger partial charge on any atom is 0.257 e. The molecule has 0 aliphatic carbocycles. The zero-order valence-corrected chi connectivity index (χ0v) is 22.3. The molecule has 1 atom stereocenters. The summed E-state index contributed by atoms with van der Waals surface area (Å²) in [7, 11) is 1.85. The van der Waals surface area contributed by atoms with Crippen molar-refractivity contribution in [3.63, 3.8) is 0 Å². The molecule has 1 amide bonds. The molecule has 0 radical (unpaired) electrons. The van der Waals surface area contributed by atoms with Gasteiger partial charge in [0.2, 0.25) is 11.8 Å². The molecule has 5 aromatic rings. The SMILES string of the molecule is CNc1nccc2cc(-c3c4c(nc(CCc5ccc(F)cc5)c3-c3nnc(C)o3)C3CCCN3C4=O)sc12.